The van der Waals surface area contributed by atoms with Crippen molar-refractivity contribution in [3.8, 4) is 5.75 Å². The van der Waals surface area contributed by atoms with Crippen LogP contribution in [0, 0.1) is 0 Å². The van der Waals surface area contributed by atoms with E-state index in [9.17, 15) is 4.79 Å². The summed E-state index contributed by atoms with van der Waals surface area (Å²) in [5, 5.41) is 5.79. The van der Waals surface area contributed by atoms with E-state index in [1.807, 2.05) is 12.1 Å². The second-order valence-corrected chi connectivity index (χ2v) is 7.62. The van der Waals surface area contributed by atoms with Gasteiger partial charge in [-0.25, -0.2) is 5.43 Å². The van der Waals surface area contributed by atoms with E-state index >= 15 is 0 Å². The normalized spacial score (nSPS) is 10.9. The minimum Gasteiger partial charge on any atom is -0.486 e. The molecule has 4 nitrogen and oxygen atoms in total. The fourth-order valence-electron chi connectivity index (χ4n) is 2.36. The van der Waals surface area contributed by atoms with E-state index in [4.69, 9.17) is 51.1 Å². The SMILES string of the molecule is O=C(N/N=C\c1cc(Cl)c(OCc2ccc(Cl)cc2)c(Cl)c1)c1ccc(Cl)cc1. The highest BCUT2D eigenvalue weighted by atomic mass is 35.5. The van der Waals surface area contributed by atoms with Crippen molar-refractivity contribution in [2.45, 2.75) is 6.61 Å². The fraction of sp³-hybridized carbons (Fsp3) is 0.0476. The van der Waals surface area contributed by atoms with Gasteiger partial charge < -0.3 is 4.74 Å². The van der Waals surface area contributed by atoms with Crippen molar-refractivity contribution in [1.29, 1.82) is 0 Å². The lowest BCUT2D eigenvalue weighted by Crippen LogP contribution is -2.17. The minimum atomic E-state index is -0.363. The summed E-state index contributed by atoms with van der Waals surface area (Å²) in [6, 6.07) is 17.0. The van der Waals surface area contributed by atoms with Crippen LogP contribution in [0.5, 0.6) is 5.75 Å². The summed E-state index contributed by atoms with van der Waals surface area (Å²) in [6.45, 7) is 0.293. The monoisotopic (exact) mass is 466 g/mol. The number of hydrogen-bond acceptors (Lipinski definition) is 3. The van der Waals surface area contributed by atoms with Crippen LogP contribution in [0.2, 0.25) is 20.1 Å². The number of rotatable bonds is 6. The van der Waals surface area contributed by atoms with Gasteiger partial charge in [-0.3, -0.25) is 4.79 Å². The lowest BCUT2D eigenvalue weighted by atomic mass is 10.2. The summed E-state index contributed by atoms with van der Waals surface area (Å²) < 4.78 is 5.73. The number of carbonyl (C=O) groups excluding carboxylic acids is 1. The highest BCUT2D eigenvalue weighted by Gasteiger charge is 2.10. The molecule has 1 amide bonds. The second-order valence-electron chi connectivity index (χ2n) is 5.93. The van der Waals surface area contributed by atoms with E-state index < -0.39 is 0 Å². The quantitative estimate of drug-likeness (QED) is 0.326. The Morgan fingerprint density at radius 2 is 1.45 bits per heavy atom. The number of amides is 1. The van der Waals surface area contributed by atoms with Gasteiger partial charge in [-0.15, -0.1) is 0 Å². The van der Waals surface area contributed by atoms with Crippen LogP contribution in [-0.4, -0.2) is 12.1 Å². The number of halogens is 4. The smallest absolute Gasteiger partial charge is 0.271 e. The van der Waals surface area contributed by atoms with E-state index in [0.29, 0.717) is 43.6 Å². The number of nitrogens with zero attached hydrogens (tertiary/aromatic N) is 1. The number of ether oxygens (including phenoxy) is 1. The van der Waals surface area contributed by atoms with Gasteiger partial charge in [-0.05, 0) is 59.7 Å². The largest absolute Gasteiger partial charge is 0.486 e. The molecular formula is C21H14Cl4N2O2. The van der Waals surface area contributed by atoms with Crippen LogP contribution in [0.15, 0.2) is 65.8 Å². The van der Waals surface area contributed by atoms with E-state index in [2.05, 4.69) is 10.5 Å². The van der Waals surface area contributed by atoms with Gasteiger partial charge in [0.2, 0.25) is 0 Å². The van der Waals surface area contributed by atoms with Crippen LogP contribution in [0.3, 0.4) is 0 Å². The number of hydrazone groups is 1. The molecule has 1 N–H and O–H groups in total. The Morgan fingerprint density at radius 3 is 2.03 bits per heavy atom. The Morgan fingerprint density at radius 1 is 0.897 bits per heavy atom. The first-order valence-corrected chi connectivity index (χ1v) is 9.89. The molecule has 148 valence electrons. The molecule has 0 unspecified atom stereocenters. The molecule has 0 aliphatic heterocycles. The zero-order chi connectivity index (χ0) is 20.8. The Bertz CT molecular complexity index is 1010. The van der Waals surface area contributed by atoms with Crippen LogP contribution in [-0.2, 0) is 6.61 Å². The van der Waals surface area contributed by atoms with Crippen molar-refractivity contribution in [3.63, 3.8) is 0 Å². The molecule has 3 rings (SSSR count). The maximum Gasteiger partial charge on any atom is 0.271 e. The molecule has 0 atom stereocenters. The van der Waals surface area contributed by atoms with Gasteiger partial charge in [0, 0.05) is 15.6 Å². The molecular weight excluding hydrogens is 454 g/mol. The molecule has 0 aromatic heterocycles. The molecule has 3 aromatic rings. The van der Waals surface area contributed by atoms with Gasteiger partial charge in [0.15, 0.2) is 5.75 Å². The molecule has 0 spiro atoms. The van der Waals surface area contributed by atoms with Crippen molar-refractivity contribution in [2.24, 2.45) is 5.10 Å². The third-order valence-corrected chi connectivity index (χ3v) is 4.87. The van der Waals surface area contributed by atoms with Crippen molar-refractivity contribution in [2.75, 3.05) is 0 Å². The van der Waals surface area contributed by atoms with Crippen molar-refractivity contribution in [1.82, 2.24) is 5.43 Å². The van der Waals surface area contributed by atoms with E-state index in [1.54, 1.807) is 48.5 Å². The van der Waals surface area contributed by atoms with Crippen LogP contribution >= 0.6 is 46.4 Å². The second kappa shape index (κ2) is 9.99. The van der Waals surface area contributed by atoms with Crippen molar-refractivity contribution >= 4 is 58.5 Å². The predicted octanol–water partition coefficient (Wildman–Crippen LogP) is 6.64. The molecule has 0 saturated carbocycles. The molecule has 0 radical (unpaired) electrons. The summed E-state index contributed by atoms with van der Waals surface area (Å²) in [5.41, 5.74) is 4.40. The number of nitrogens with one attached hydrogen (secondary N) is 1. The highest BCUT2D eigenvalue weighted by Crippen LogP contribution is 2.34. The third kappa shape index (κ3) is 6.12. The van der Waals surface area contributed by atoms with Crippen LogP contribution in [0.1, 0.15) is 21.5 Å². The lowest BCUT2D eigenvalue weighted by molar-refractivity contribution is 0.0955. The summed E-state index contributed by atoms with van der Waals surface area (Å²) >= 11 is 24.2. The van der Waals surface area contributed by atoms with Gasteiger partial charge >= 0.3 is 0 Å². The van der Waals surface area contributed by atoms with Crippen molar-refractivity contribution < 1.29 is 9.53 Å². The molecule has 0 aliphatic carbocycles. The Labute approximate surface area is 188 Å². The first kappa shape index (κ1) is 21.5. The summed E-state index contributed by atoms with van der Waals surface area (Å²) in [7, 11) is 0. The molecule has 0 heterocycles. The summed E-state index contributed by atoms with van der Waals surface area (Å²) in [5.74, 6) is 0.00339. The van der Waals surface area contributed by atoms with E-state index in [-0.39, 0.29) is 5.91 Å². The molecule has 0 saturated heterocycles. The van der Waals surface area contributed by atoms with Crippen LogP contribution in [0.4, 0.5) is 0 Å². The first-order valence-electron chi connectivity index (χ1n) is 8.37. The average Bonchev–Trinajstić information content (AvgIpc) is 2.69. The van der Waals surface area contributed by atoms with Gasteiger partial charge in [-0.2, -0.15) is 5.10 Å². The zero-order valence-corrected chi connectivity index (χ0v) is 17.9. The number of benzene rings is 3. The average molecular weight is 468 g/mol. The Kier molecular flexibility index (Phi) is 7.40. The van der Waals surface area contributed by atoms with Crippen LogP contribution < -0.4 is 10.2 Å². The van der Waals surface area contributed by atoms with E-state index in [1.165, 1.54) is 6.21 Å². The minimum absolute atomic E-state index is 0.293. The van der Waals surface area contributed by atoms with Crippen molar-refractivity contribution in [3.05, 3.63) is 97.4 Å². The molecule has 29 heavy (non-hydrogen) atoms. The highest BCUT2D eigenvalue weighted by molar-refractivity contribution is 6.37. The Balaban J connectivity index is 1.63. The van der Waals surface area contributed by atoms with Gasteiger partial charge in [0.1, 0.15) is 6.61 Å². The summed E-state index contributed by atoms with van der Waals surface area (Å²) in [6.07, 6.45) is 1.44. The number of carbonyl (C=O) groups is 1. The molecule has 0 fully saturated rings. The molecule has 0 aliphatic rings. The standard InChI is InChI=1S/C21H14Cl4N2O2/c22-16-5-1-13(2-6-16)12-29-20-18(24)9-14(10-19(20)25)11-26-27-21(28)15-3-7-17(23)8-4-15/h1-11H,12H2,(H,27,28)/b26-11-. The van der Waals surface area contributed by atoms with Gasteiger partial charge in [-0.1, -0.05) is 58.5 Å². The Hall–Kier alpha value is -2.24. The fourth-order valence-corrected chi connectivity index (χ4v) is 3.22. The topological polar surface area (TPSA) is 50.7 Å². The molecule has 8 heteroatoms. The maximum absolute atomic E-state index is 12.0. The molecule has 3 aromatic carbocycles. The van der Waals surface area contributed by atoms with Crippen LogP contribution in [0.25, 0.3) is 0 Å². The third-order valence-electron chi connectivity index (χ3n) is 3.80. The summed E-state index contributed by atoms with van der Waals surface area (Å²) in [4.78, 5) is 12.0. The molecule has 0 bridgehead atoms. The lowest BCUT2D eigenvalue weighted by Gasteiger charge is -2.11. The number of hydrogen-bond donors (Lipinski definition) is 1. The predicted molar refractivity (Wildman–Crippen MR) is 119 cm³/mol. The van der Waals surface area contributed by atoms with Gasteiger partial charge in [0.25, 0.3) is 5.91 Å². The zero-order valence-electron chi connectivity index (χ0n) is 14.8. The van der Waals surface area contributed by atoms with E-state index in [0.717, 1.165) is 5.56 Å². The first-order chi connectivity index (χ1) is 13.9. The maximum atomic E-state index is 12.0. The van der Waals surface area contributed by atoms with Gasteiger partial charge in [0.05, 0.1) is 16.3 Å².